The number of alkyl halides is 1. The van der Waals surface area contributed by atoms with Crippen molar-refractivity contribution < 1.29 is 14.0 Å². The molecule has 2 heterocycles. The molecule has 0 unspecified atom stereocenters. The Morgan fingerprint density at radius 2 is 1.89 bits per heavy atom. The Morgan fingerprint density at radius 3 is 2.67 bits per heavy atom. The van der Waals surface area contributed by atoms with Crippen molar-refractivity contribution in [3.8, 4) is 0 Å². The van der Waals surface area contributed by atoms with E-state index in [1.165, 1.54) is 6.07 Å². The van der Waals surface area contributed by atoms with E-state index in [1.54, 1.807) is 18.2 Å². The van der Waals surface area contributed by atoms with Crippen LogP contribution in [0.4, 0.5) is 4.39 Å². The second kappa shape index (κ2) is 10.9. The molecule has 192 valence electrons. The highest BCUT2D eigenvalue weighted by Crippen LogP contribution is 2.35. The van der Waals surface area contributed by atoms with E-state index < -0.39 is 6.67 Å². The molecule has 9 heteroatoms. The second-order valence-corrected chi connectivity index (χ2v) is 10.3. The van der Waals surface area contributed by atoms with Crippen molar-refractivity contribution >= 4 is 11.8 Å². The van der Waals surface area contributed by atoms with Crippen LogP contribution in [0.15, 0.2) is 29.1 Å². The number of hydrogen-bond donors (Lipinski definition) is 3. The maximum atomic E-state index is 12.8. The van der Waals surface area contributed by atoms with Gasteiger partial charge in [-0.1, -0.05) is 12.1 Å². The molecule has 0 bridgehead atoms. The zero-order valence-corrected chi connectivity index (χ0v) is 20.5. The van der Waals surface area contributed by atoms with Crippen LogP contribution in [0.3, 0.4) is 0 Å². The van der Waals surface area contributed by atoms with Gasteiger partial charge in [-0.15, -0.1) is 0 Å². The van der Waals surface area contributed by atoms with E-state index in [0.29, 0.717) is 23.1 Å². The molecular formula is C27H34FN5O3. The van der Waals surface area contributed by atoms with Crippen molar-refractivity contribution in [2.24, 2.45) is 0 Å². The van der Waals surface area contributed by atoms with E-state index in [4.69, 9.17) is 4.98 Å². The molecule has 0 spiro atoms. The molecule has 1 aromatic carbocycles. The largest absolute Gasteiger partial charge is 0.349 e. The Bertz CT molecular complexity index is 1170. The number of amides is 2. The quantitative estimate of drug-likeness (QED) is 0.547. The Balaban J connectivity index is 1.03. The normalized spacial score (nSPS) is 22.4. The first kappa shape index (κ1) is 24.6. The van der Waals surface area contributed by atoms with Gasteiger partial charge in [0.05, 0.1) is 18.3 Å². The summed E-state index contributed by atoms with van der Waals surface area (Å²) in [6, 6.07) is 6.91. The number of aromatic amines is 1. The molecule has 5 rings (SSSR count). The fourth-order valence-electron chi connectivity index (χ4n) is 5.77. The summed E-state index contributed by atoms with van der Waals surface area (Å²) in [6.45, 7) is 0.876. The third-order valence-corrected chi connectivity index (χ3v) is 7.84. The first-order valence-electron chi connectivity index (χ1n) is 13.1. The lowest BCUT2D eigenvalue weighted by atomic mass is 9.83. The molecule has 2 amide bonds. The Morgan fingerprint density at radius 1 is 1.11 bits per heavy atom. The van der Waals surface area contributed by atoms with Gasteiger partial charge in [-0.3, -0.25) is 19.3 Å². The lowest BCUT2D eigenvalue weighted by Crippen LogP contribution is -2.63. The molecule has 8 nitrogen and oxygen atoms in total. The smallest absolute Gasteiger partial charge is 0.254 e. The number of rotatable bonds is 7. The molecule has 1 aromatic heterocycles. The zero-order chi connectivity index (χ0) is 25.1. The van der Waals surface area contributed by atoms with E-state index in [9.17, 15) is 18.8 Å². The van der Waals surface area contributed by atoms with Crippen LogP contribution in [0.1, 0.15) is 77.4 Å². The van der Waals surface area contributed by atoms with Crippen molar-refractivity contribution in [3.05, 3.63) is 62.8 Å². The number of aryl methyl sites for hydroxylation is 1. The molecule has 1 saturated carbocycles. The predicted molar refractivity (Wildman–Crippen MR) is 134 cm³/mol. The summed E-state index contributed by atoms with van der Waals surface area (Å²) in [5, 5.41) is 5.58. The fourth-order valence-corrected chi connectivity index (χ4v) is 5.77. The van der Waals surface area contributed by atoms with Crippen LogP contribution >= 0.6 is 0 Å². The molecule has 0 atom stereocenters. The summed E-state index contributed by atoms with van der Waals surface area (Å²) in [7, 11) is 0. The van der Waals surface area contributed by atoms with Crippen LogP contribution in [-0.2, 0) is 24.3 Å². The summed E-state index contributed by atoms with van der Waals surface area (Å²) in [6.07, 6.45) is 8.08. The van der Waals surface area contributed by atoms with Crippen LogP contribution in [0.5, 0.6) is 0 Å². The molecule has 2 fully saturated rings. The van der Waals surface area contributed by atoms with Crippen LogP contribution in [0.2, 0.25) is 0 Å². The van der Waals surface area contributed by atoms with Gasteiger partial charge in [0.25, 0.3) is 11.5 Å². The van der Waals surface area contributed by atoms with Gasteiger partial charge in [0.2, 0.25) is 5.91 Å². The summed E-state index contributed by atoms with van der Waals surface area (Å²) in [5.74, 6) is 0.571. The van der Waals surface area contributed by atoms with Gasteiger partial charge in [0.1, 0.15) is 12.5 Å². The number of halogens is 1. The van der Waals surface area contributed by atoms with Crippen molar-refractivity contribution in [2.45, 2.75) is 76.0 Å². The number of nitrogens with one attached hydrogen (secondary N) is 3. The number of carbonyl (C=O) groups is 2. The van der Waals surface area contributed by atoms with Crippen molar-refractivity contribution in [2.75, 3.05) is 19.6 Å². The van der Waals surface area contributed by atoms with Crippen molar-refractivity contribution in [1.82, 2.24) is 25.5 Å². The number of H-pyrrole nitrogens is 1. The topological polar surface area (TPSA) is 107 Å². The van der Waals surface area contributed by atoms with Crippen LogP contribution < -0.4 is 16.2 Å². The van der Waals surface area contributed by atoms with E-state index in [-0.39, 0.29) is 30.0 Å². The minimum atomic E-state index is -0.633. The van der Waals surface area contributed by atoms with Gasteiger partial charge in [0.15, 0.2) is 0 Å². The van der Waals surface area contributed by atoms with Crippen molar-refractivity contribution in [3.63, 3.8) is 0 Å². The third-order valence-electron chi connectivity index (χ3n) is 7.84. The first-order valence-corrected chi connectivity index (χ1v) is 13.1. The zero-order valence-electron chi connectivity index (χ0n) is 20.5. The standard InChI is InChI=1S/C27H34FN5O3/c28-13-17-4-3-5-19(12-17)26(35)29-14-24(34)30-20-15-33(16-20)21-10-8-18(9-11-21)25-31-23-7-2-1-6-22(23)27(36)32-25/h3-5,12,18,20-21H,1-2,6-11,13-16H2,(H,29,35)(H,30,34)(H,31,32,36). The number of benzene rings is 1. The number of aromatic nitrogens is 2. The lowest BCUT2D eigenvalue weighted by molar-refractivity contribution is -0.122. The van der Waals surface area contributed by atoms with Crippen molar-refractivity contribution in [1.29, 1.82) is 0 Å². The SMILES string of the molecule is O=C(CNC(=O)c1cccc(CF)c1)NC1CN(C2CCC(c3nc4c(c(=O)[nH]3)CCCC4)CC2)C1. The third kappa shape index (κ3) is 5.51. The Kier molecular flexibility index (Phi) is 7.46. The summed E-state index contributed by atoms with van der Waals surface area (Å²) in [5.41, 5.74) is 2.73. The van der Waals surface area contributed by atoms with E-state index in [0.717, 1.165) is 81.5 Å². The molecular weight excluding hydrogens is 461 g/mol. The average molecular weight is 496 g/mol. The van der Waals surface area contributed by atoms with Gasteiger partial charge in [-0.05, 0) is 69.1 Å². The molecule has 1 saturated heterocycles. The monoisotopic (exact) mass is 495 g/mol. The molecule has 1 aliphatic heterocycles. The summed E-state index contributed by atoms with van der Waals surface area (Å²) < 4.78 is 12.8. The average Bonchev–Trinajstić information content (AvgIpc) is 2.89. The number of nitrogens with zero attached hydrogens (tertiary/aromatic N) is 2. The highest BCUT2D eigenvalue weighted by Gasteiger charge is 2.36. The minimum absolute atomic E-state index is 0.0580. The van der Waals surface area contributed by atoms with Crippen LogP contribution in [0.25, 0.3) is 0 Å². The van der Waals surface area contributed by atoms with Gasteiger partial charge >= 0.3 is 0 Å². The van der Waals surface area contributed by atoms with Gasteiger partial charge in [-0.2, -0.15) is 0 Å². The number of hydrogen-bond acceptors (Lipinski definition) is 5. The first-order chi connectivity index (χ1) is 17.5. The van der Waals surface area contributed by atoms with Gasteiger partial charge in [0, 0.05) is 36.2 Å². The maximum absolute atomic E-state index is 12.8. The predicted octanol–water partition coefficient (Wildman–Crippen LogP) is 2.37. The maximum Gasteiger partial charge on any atom is 0.254 e. The van der Waals surface area contributed by atoms with Crippen LogP contribution in [-0.4, -0.2) is 58.4 Å². The van der Waals surface area contributed by atoms with Crippen LogP contribution in [0, 0.1) is 0 Å². The van der Waals surface area contributed by atoms with E-state index in [2.05, 4.69) is 20.5 Å². The summed E-state index contributed by atoms with van der Waals surface area (Å²) >= 11 is 0. The fraction of sp³-hybridized carbons (Fsp3) is 0.556. The molecule has 2 aliphatic carbocycles. The summed E-state index contributed by atoms with van der Waals surface area (Å²) in [4.78, 5) is 47.3. The highest BCUT2D eigenvalue weighted by atomic mass is 19.1. The molecule has 0 radical (unpaired) electrons. The Labute approximate surface area is 210 Å². The number of fused-ring (bicyclic) bond motifs is 1. The molecule has 3 aliphatic rings. The van der Waals surface area contributed by atoms with E-state index >= 15 is 0 Å². The molecule has 36 heavy (non-hydrogen) atoms. The number of carbonyl (C=O) groups excluding carboxylic acids is 2. The Hall–Kier alpha value is -3.07. The second-order valence-electron chi connectivity index (χ2n) is 10.3. The van der Waals surface area contributed by atoms with E-state index in [1.807, 2.05) is 0 Å². The minimum Gasteiger partial charge on any atom is -0.349 e. The van der Waals surface area contributed by atoms with Gasteiger partial charge < -0.3 is 15.6 Å². The highest BCUT2D eigenvalue weighted by molar-refractivity contribution is 5.96. The number of likely N-dealkylation sites (tertiary alicyclic amines) is 1. The van der Waals surface area contributed by atoms with Gasteiger partial charge in [-0.25, -0.2) is 9.37 Å². The molecule has 2 aromatic rings. The lowest BCUT2D eigenvalue weighted by Gasteiger charge is -2.46. The molecule has 3 N–H and O–H groups in total.